The lowest BCUT2D eigenvalue weighted by Gasteiger charge is -2.13. The first-order valence-electron chi connectivity index (χ1n) is 6.07. The van der Waals surface area contributed by atoms with Crippen LogP contribution < -0.4 is 0 Å². The molecule has 0 aliphatic carbocycles. The van der Waals surface area contributed by atoms with Gasteiger partial charge in [-0.05, 0) is 40.9 Å². The van der Waals surface area contributed by atoms with E-state index in [0.29, 0.717) is 0 Å². The van der Waals surface area contributed by atoms with Gasteiger partial charge < -0.3 is 5.11 Å². The number of thiophene rings is 1. The molecule has 0 saturated carbocycles. The summed E-state index contributed by atoms with van der Waals surface area (Å²) in [6.45, 7) is 2.04. The number of benzene rings is 2. The van der Waals surface area contributed by atoms with Crippen LogP contribution in [0.5, 0.6) is 0 Å². The lowest BCUT2D eigenvalue weighted by atomic mass is 9.99. The summed E-state index contributed by atoms with van der Waals surface area (Å²) in [5, 5.41) is 13.9. The molecular weight excluding hydrogens is 320 g/mol. The molecule has 1 aromatic heterocycles. The van der Waals surface area contributed by atoms with Crippen LogP contribution in [-0.4, -0.2) is 5.11 Å². The molecule has 0 spiro atoms. The van der Waals surface area contributed by atoms with Crippen LogP contribution in [0, 0.1) is 6.92 Å². The van der Waals surface area contributed by atoms with Gasteiger partial charge in [-0.2, -0.15) is 0 Å². The number of rotatable bonds is 2. The molecule has 2 aromatic carbocycles. The van der Waals surface area contributed by atoms with E-state index in [2.05, 4.69) is 33.4 Å². The van der Waals surface area contributed by atoms with Crippen LogP contribution >= 0.6 is 27.3 Å². The zero-order valence-electron chi connectivity index (χ0n) is 10.4. The minimum Gasteiger partial charge on any atom is -0.384 e. The van der Waals surface area contributed by atoms with Crippen LogP contribution in [0.1, 0.15) is 22.8 Å². The van der Waals surface area contributed by atoms with Crippen molar-refractivity contribution in [2.75, 3.05) is 0 Å². The maximum Gasteiger partial charge on any atom is 0.105 e. The molecule has 0 aliphatic rings. The van der Waals surface area contributed by atoms with Crippen LogP contribution in [0.25, 0.3) is 10.1 Å². The van der Waals surface area contributed by atoms with Crippen LogP contribution in [-0.2, 0) is 0 Å². The van der Waals surface area contributed by atoms with Crippen molar-refractivity contribution in [2.45, 2.75) is 13.0 Å². The van der Waals surface area contributed by atoms with E-state index >= 15 is 0 Å². The molecule has 1 heterocycles. The molecule has 0 radical (unpaired) electrons. The van der Waals surface area contributed by atoms with Crippen LogP contribution in [0.4, 0.5) is 0 Å². The van der Waals surface area contributed by atoms with Gasteiger partial charge in [0.2, 0.25) is 0 Å². The number of aryl methyl sites for hydroxylation is 1. The summed E-state index contributed by atoms with van der Waals surface area (Å²) in [5.74, 6) is 0. The Balaban J connectivity index is 2.10. The molecule has 1 atom stereocenters. The monoisotopic (exact) mass is 332 g/mol. The first-order chi connectivity index (χ1) is 9.16. The molecule has 3 aromatic rings. The predicted molar refractivity (Wildman–Crippen MR) is 84.8 cm³/mol. The highest BCUT2D eigenvalue weighted by Crippen LogP contribution is 2.33. The fraction of sp³-hybridized carbons (Fsp3) is 0.125. The van der Waals surface area contributed by atoms with E-state index in [0.717, 1.165) is 20.3 Å². The Hall–Kier alpha value is -1.16. The Kier molecular flexibility index (Phi) is 3.44. The van der Waals surface area contributed by atoms with E-state index in [4.69, 9.17) is 0 Å². The quantitative estimate of drug-likeness (QED) is 0.695. The van der Waals surface area contributed by atoms with Crippen LogP contribution in [0.15, 0.2) is 52.3 Å². The van der Waals surface area contributed by atoms with Crippen LogP contribution in [0.2, 0.25) is 0 Å². The highest BCUT2D eigenvalue weighted by Gasteiger charge is 2.14. The van der Waals surface area contributed by atoms with Gasteiger partial charge in [0.15, 0.2) is 0 Å². The topological polar surface area (TPSA) is 20.2 Å². The van der Waals surface area contributed by atoms with Crippen molar-refractivity contribution in [1.82, 2.24) is 0 Å². The Morgan fingerprint density at radius 3 is 2.79 bits per heavy atom. The maximum absolute atomic E-state index is 10.6. The summed E-state index contributed by atoms with van der Waals surface area (Å²) in [7, 11) is 0. The summed E-state index contributed by atoms with van der Waals surface area (Å²) < 4.78 is 2.19. The molecule has 0 amide bonds. The smallest absolute Gasteiger partial charge is 0.105 e. The Labute approximate surface area is 124 Å². The van der Waals surface area contributed by atoms with E-state index < -0.39 is 6.10 Å². The summed E-state index contributed by atoms with van der Waals surface area (Å²) in [6.07, 6.45) is -0.584. The first-order valence-corrected chi connectivity index (χ1v) is 7.74. The van der Waals surface area contributed by atoms with Crippen molar-refractivity contribution in [3.63, 3.8) is 0 Å². The van der Waals surface area contributed by atoms with Crippen molar-refractivity contribution < 1.29 is 5.11 Å². The van der Waals surface area contributed by atoms with E-state index in [1.807, 2.05) is 37.3 Å². The Morgan fingerprint density at radius 1 is 1.16 bits per heavy atom. The molecular formula is C16H13BrOS. The van der Waals surface area contributed by atoms with Gasteiger partial charge in [-0.15, -0.1) is 11.3 Å². The third-order valence-electron chi connectivity index (χ3n) is 3.32. The average Bonchev–Trinajstić information content (AvgIpc) is 2.89. The van der Waals surface area contributed by atoms with Crippen molar-refractivity contribution in [2.24, 2.45) is 0 Å². The second-order valence-electron chi connectivity index (χ2n) is 4.60. The molecule has 1 nitrogen and oxygen atoms in total. The fourth-order valence-corrected chi connectivity index (χ4v) is 3.53. The average molecular weight is 333 g/mol. The second kappa shape index (κ2) is 5.08. The first kappa shape index (κ1) is 12.9. The van der Waals surface area contributed by atoms with Gasteiger partial charge in [0.25, 0.3) is 0 Å². The zero-order chi connectivity index (χ0) is 13.4. The molecule has 96 valence electrons. The normalized spacial score (nSPS) is 12.8. The number of hydrogen-bond donors (Lipinski definition) is 1. The molecule has 3 rings (SSSR count). The van der Waals surface area contributed by atoms with Gasteiger partial charge in [0.05, 0.1) is 0 Å². The Morgan fingerprint density at radius 2 is 2.00 bits per heavy atom. The summed E-state index contributed by atoms with van der Waals surface area (Å²) in [5.41, 5.74) is 3.06. The van der Waals surface area contributed by atoms with Crippen molar-refractivity contribution >= 4 is 37.4 Å². The van der Waals surface area contributed by atoms with Gasteiger partial charge in [-0.1, -0.05) is 46.3 Å². The molecule has 0 bridgehead atoms. The Bertz CT molecular complexity index is 732. The molecule has 19 heavy (non-hydrogen) atoms. The molecule has 0 saturated heterocycles. The SMILES string of the molecule is Cc1ccc(C(O)c2cccc3ccsc23)cc1Br. The van der Waals surface area contributed by atoms with Gasteiger partial charge in [0.1, 0.15) is 6.10 Å². The molecule has 0 aliphatic heterocycles. The lowest BCUT2D eigenvalue weighted by Crippen LogP contribution is -2.00. The molecule has 3 heteroatoms. The third kappa shape index (κ3) is 2.34. The van der Waals surface area contributed by atoms with Gasteiger partial charge >= 0.3 is 0 Å². The van der Waals surface area contributed by atoms with E-state index in [1.165, 1.54) is 10.9 Å². The molecule has 1 N–H and O–H groups in total. The number of halogens is 1. The standard InChI is InChI=1S/C16H13BrOS/c1-10-5-6-12(9-14(10)17)15(18)13-4-2-3-11-7-8-19-16(11)13/h2-9,15,18H,1H3. The lowest BCUT2D eigenvalue weighted by molar-refractivity contribution is 0.222. The highest BCUT2D eigenvalue weighted by molar-refractivity contribution is 9.10. The molecule has 1 unspecified atom stereocenters. The maximum atomic E-state index is 10.6. The van der Waals surface area contributed by atoms with E-state index in [-0.39, 0.29) is 0 Å². The van der Waals surface area contributed by atoms with Crippen LogP contribution in [0.3, 0.4) is 0 Å². The zero-order valence-corrected chi connectivity index (χ0v) is 12.8. The largest absolute Gasteiger partial charge is 0.384 e. The summed E-state index contributed by atoms with van der Waals surface area (Å²) >= 11 is 5.19. The van der Waals surface area contributed by atoms with Gasteiger partial charge in [0, 0.05) is 14.7 Å². The minimum absolute atomic E-state index is 0.584. The third-order valence-corrected chi connectivity index (χ3v) is 5.15. The number of aliphatic hydroxyl groups is 1. The number of fused-ring (bicyclic) bond motifs is 1. The predicted octanol–water partition coefficient (Wildman–Crippen LogP) is 5.05. The van der Waals surface area contributed by atoms with E-state index in [9.17, 15) is 5.11 Å². The number of hydrogen-bond acceptors (Lipinski definition) is 2. The van der Waals surface area contributed by atoms with Crippen molar-refractivity contribution in [3.05, 3.63) is 69.0 Å². The fourth-order valence-electron chi connectivity index (χ4n) is 2.19. The van der Waals surface area contributed by atoms with Gasteiger partial charge in [-0.3, -0.25) is 0 Å². The summed E-state index contributed by atoms with van der Waals surface area (Å²) in [4.78, 5) is 0. The van der Waals surface area contributed by atoms with Crippen molar-refractivity contribution in [1.29, 1.82) is 0 Å². The molecule has 0 fully saturated rings. The minimum atomic E-state index is -0.584. The highest BCUT2D eigenvalue weighted by atomic mass is 79.9. The number of aliphatic hydroxyl groups excluding tert-OH is 1. The van der Waals surface area contributed by atoms with Gasteiger partial charge in [-0.25, -0.2) is 0 Å². The second-order valence-corrected chi connectivity index (χ2v) is 6.37. The van der Waals surface area contributed by atoms with Crippen molar-refractivity contribution in [3.8, 4) is 0 Å². The summed E-state index contributed by atoms with van der Waals surface area (Å²) in [6, 6.07) is 14.2. The van der Waals surface area contributed by atoms with E-state index in [1.54, 1.807) is 11.3 Å².